The lowest BCUT2D eigenvalue weighted by atomic mass is 10.1. The summed E-state index contributed by atoms with van der Waals surface area (Å²) in [5.41, 5.74) is 1.66. The molecule has 0 aliphatic carbocycles. The lowest BCUT2D eigenvalue weighted by Crippen LogP contribution is -2.27. The van der Waals surface area contributed by atoms with Crippen molar-refractivity contribution in [3.8, 4) is 0 Å². The molecule has 1 amide bonds. The maximum Gasteiger partial charge on any atom is 0.251 e. The SMILES string of the molecule is CC(C)CNC(=O)c1ccc2cnn(C)c2c1. The van der Waals surface area contributed by atoms with Crippen LogP contribution >= 0.6 is 0 Å². The van der Waals surface area contributed by atoms with Gasteiger partial charge < -0.3 is 5.32 Å². The van der Waals surface area contributed by atoms with Crippen LogP contribution in [0.1, 0.15) is 24.2 Å². The summed E-state index contributed by atoms with van der Waals surface area (Å²) in [5.74, 6) is 0.432. The molecule has 0 bridgehead atoms. The molecule has 1 N–H and O–H groups in total. The topological polar surface area (TPSA) is 46.9 Å². The first kappa shape index (κ1) is 11.6. The van der Waals surface area contributed by atoms with Crippen LogP contribution < -0.4 is 5.32 Å². The van der Waals surface area contributed by atoms with Gasteiger partial charge in [-0.05, 0) is 18.1 Å². The van der Waals surface area contributed by atoms with Gasteiger partial charge in [-0.2, -0.15) is 5.10 Å². The van der Waals surface area contributed by atoms with Gasteiger partial charge in [0, 0.05) is 24.5 Å². The van der Waals surface area contributed by atoms with Crippen molar-refractivity contribution in [1.82, 2.24) is 15.1 Å². The van der Waals surface area contributed by atoms with E-state index < -0.39 is 0 Å². The van der Waals surface area contributed by atoms with E-state index in [2.05, 4.69) is 24.3 Å². The van der Waals surface area contributed by atoms with Gasteiger partial charge in [0.15, 0.2) is 0 Å². The quantitative estimate of drug-likeness (QED) is 0.877. The van der Waals surface area contributed by atoms with Gasteiger partial charge >= 0.3 is 0 Å². The number of hydrogen-bond donors (Lipinski definition) is 1. The second-order valence-electron chi connectivity index (χ2n) is 4.65. The smallest absolute Gasteiger partial charge is 0.251 e. The van der Waals surface area contributed by atoms with Crippen LogP contribution in [0.5, 0.6) is 0 Å². The number of amides is 1. The van der Waals surface area contributed by atoms with Crippen LogP contribution in [0, 0.1) is 5.92 Å². The van der Waals surface area contributed by atoms with E-state index in [9.17, 15) is 4.79 Å². The van der Waals surface area contributed by atoms with Crippen LogP contribution in [0.15, 0.2) is 24.4 Å². The Bertz CT molecular complexity index is 543. The zero-order chi connectivity index (χ0) is 12.4. The number of nitrogens with zero attached hydrogens (tertiary/aromatic N) is 2. The van der Waals surface area contributed by atoms with Crippen molar-refractivity contribution >= 4 is 16.8 Å². The summed E-state index contributed by atoms with van der Waals surface area (Å²) in [7, 11) is 1.87. The third-order valence-electron chi connectivity index (χ3n) is 2.68. The van der Waals surface area contributed by atoms with Crippen molar-refractivity contribution in [3.63, 3.8) is 0 Å². The van der Waals surface area contributed by atoms with Gasteiger partial charge in [0.1, 0.15) is 0 Å². The Morgan fingerprint density at radius 2 is 2.24 bits per heavy atom. The van der Waals surface area contributed by atoms with Crippen LogP contribution in [0.25, 0.3) is 10.9 Å². The predicted octanol–water partition coefficient (Wildman–Crippen LogP) is 1.96. The molecule has 4 nitrogen and oxygen atoms in total. The summed E-state index contributed by atoms with van der Waals surface area (Å²) in [6, 6.07) is 5.63. The van der Waals surface area contributed by atoms with Crippen LogP contribution in [0.2, 0.25) is 0 Å². The van der Waals surface area contributed by atoms with E-state index in [1.807, 2.05) is 25.2 Å². The fraction of sp³-hybridized carbons (Fsp3) is 0.385. The Morgan fingerprint density at radius 1 is 1.47 bits per heavy atom. The number of benzene rings is 1. The molecule has 0 unspecified atom stereocenters. The van der Waals surface area contributed by atoms with Crippen molar-refractivity contribution < 1.29 is 4.79 Å². The first-order chi connectivity index (χ1) is 8.08. The molecule has 0 aliphatic rings. The summed E-state index contributed by atoms with van der Waals surface area (Å²) in [4.78, 5) is 11.9. The van der Waals surface area contributed by atoms with Crippen LogP contribution in [0.4, 0.5) is 0 Å². The summed E-state index contributed by atoms with van der Waals surface area (Å²) >= 11 is 0. The molecule has 0 aliphatic heterocycles. The number of hydrogen-bond acceptors (Lipinski definition) is 2. The van der Waals surface area contributed by atoms with E-state index >= 15 is 0 Å². The Morgan fingerprint density at radius 3 is 2.94 bits per heavy atom. The van der Waals surface area contributed by atoms with E-state index in [1.54, 1.807) is 10.9 Å². The first-order valence-electron chi connectivity index (χ1n) is 5.78. The minimum atomic E-state index is -0.0261. The number of carbonyl (C=O) groups is 1. The maximum absolute atomic E-state index is 11.9. The first-order valence-corrected chi connectivity index (χ1v) is 5.78. The number of fused-ring (bicyclic) bond motifs is 1. The summed E-state index contributed by atoms with van der Waals surface area (Å²) in [6.45, 7) is 4.84. The fourth-order valence-corrected chi connectivity index (χ4v) is 1.68. The van der Waals surface area contributed by atoms with Gasteiger partial charge in [0.25, 0.3) is 5.91 Å². The molecule has 2 aromatic rings. The Balaban J connectivity index is 2.23. The van der Waals surface area contributed by atoms with Crippen molar-refractivity contribution in [1.29, 1.82) is 0 Å². The molecule has 2 rings (SSSR count). The Labute approximate surface area is 101 Å². The van der Waals surface area contributed by atoms with E-state index in [1.165, 1.54) is 0 Å². The fourth-order valence-electron chi connectivity index (χ4n) is 1.68. The van der Waals surface area contributed by atoms with Gasteiger partial charge in [-0.1, -0.05) is 19.9 Å². The van der Waals surface area contributed by atoms with Gasteiger partial charge in [-0.15, -0.1) is 0 Å². The van der Waals surface area contributed by atoms with Gasteiger partial charge in [-0.3, -0.25) is 9.48 Å². The molecular formula is C13H17N3O. The van der Waals surface area contributed by atoms with Gasteiger partial charge in [0.2, 0.25) is 0 Å². The normalized spacial score (nSPS) is 11.1. The third-order valence-corrected chi connectivity index (χ3v) is 2.68. The number of carbonyl (C=O) groups excluding carboxylic acids is 1. The van der Waals surface area contributed by atoms with Crippen molar-refractivity contribution in [2.75, 3.05) is 6.54 Å². The molecule has 0 radical (unpaired) electrons. The summed E-state index contributed by atoms with van der Waals surface area (Å²) in [6.07, 6.45) is 1.80. The minimum Gasteiger partial charge on any atom is -0.352 e. The summed E-state index contributed by atoms with van der Waals surface area (Å²) in [5, 5.41) is 8.11. The molecule has 0 fully saturated rings. The van der Waals surface area contributed by atoms with Crippen molar-refractivity contribution in [2.45, 2.75) is 13.8 Å². The highest BCUT2D eigenvalue weighted by Crippen LogP contribution is 2.14. The lowest BCUT2D eigenvalue weighted by molar-refractivity contribution is 0.0949. The number of aryl methyl sites for hydroxylation is 1. The molecule has 1 aromatic carbocycles. The largest absolute Gasteiger partial charge is 0.352 e. The van der Waals surface area contributed by atoms with E-state index in [-0.39, 0.29) is 5.91 Å². The van der Waals surface area contributed by atoms with Gasteiger partial charge in [0.05, 0.1) is 11.7 Å². The number of rotatable bonds is 3. The van der Waals surface area contributed by atoms with E-state index in [0.29, 0.717) is 18.0 Å². The van der Waals surface area contributed by atoms with Crippen molar-refractivity contribution in [2.24, 2.45) is 13.0 Å². The molecule has 4 heteroatoms. The highest BCUT2D eigenvalue weighted by Gasteiger charge is 2.08. The van der Waals surface area contributed by atoms with E-state index in [0.717, 1.165) is 10.9 Å². The van der Waals surface area contributed by atoms with Crippen LogP contribution in [-0.4, -0.2) is 22.2 Å². The van der Waals surface area contributed by atoms with Crippen molar-refractivity contribution in [3.05, 3.63) is 30.0 Å². The molecule has 0 saturated carbocycles. The summed E-state index contributed by atoms with van der Waals surface area (Å²) < 4.78 is 1.77. The number of nitrogens with one attached hydrogen (secondary N) is 1. The second kappa shape index (κ2) is 4.57. The molecular weight excluding hydrogens is 214 g/mol. The highest BCUT2D eigenvalue weighted by atomic mass is 16.1. The zero-order valence-electron chi connectivity index (χ0n) is 10.4. The number of aromatic nitrogens is 2. The van der Waals surface area contributed by atoms with Crippen LogP contribution in [-0.2, 0) is 7.05 Å². The second-order valence-corrected chi connectivity index (χ2v) is 4.65. The van der Waals surface area contributed by atoms with Gasteiger partial charge in [-0.25, -0.2) is 0 Å². The zero-order valence-corrected chi connectivity index (χ0v) is 10.4. The third kappa shape index (κ3) is 2.46. The Kier molecular flexibility index (Phi) is 3.13. The molecule has 0 spiro atoms. The molecule has 1 aromatic heterocycles. The highest BCUT2D eigenvalue weighted by molar-refractivity contribution is 5.97. The molecule has 17 heavy (non-hydrogen) atoms. The standard InChI is InChI=1S/C13H17N3O/c1-9(2)7-14-13(17)10-4-5-11-8-15-16(3)12(11)6-10/h4-6,8-9H,7H2,1-3H3,(H,14,17). The Hall–Kier alpha value is -1.84. The minimum absolute atomic E-state index is 0.0261. The lowest BCUT2D eigenvalue weighted by Gasteiger charge is -2.07. The molecule has 0 atom stereocenters. The molecule has 1 heterocycles. The van der Waals surface area contributed by atoms with E-state index in [4.69, 9.17) is 0 Å². The molecule has 90 valence electrons. The monoisotopic (exact) mass is 231 g/mol. The maximum atomic E-state index is 11.9. The van der Waals surface area contributed by atoms with Crippen LogP contribution in [0.3, 0.4) is 0 Å². The average molecular weight is 231 g/mol. The average Bonchev–Trinajstić information content (AvgIpc) is 2.67. The molecule has 0 saturated heterocycles. The predicted molar refractivity (Wildman–Crippen MR) is 67.9 cm³/mol.